The first kappa shape index (κ1) is 9.18. The summed E-state index contributed by atoms with van der Waals surface area (Å²) in [5.41, 5.74) is 0. The van der Waals surface area contributed by atoms with Crippen LogP contribution in [0.3, 0.4) is 0 Å². The standard InChI is InChI=1S/C8H5Cl2NO/c9-6-3-1-2-4-7(8(6)10)12-5-11/h2-4H,1H2. The van der Waals surface area contributed by atoms with Gasteiger partial charge >= 0.3 is 0 Å². The van der Waals surface area contributed by atoms with E-state index in [1.54, 1.807) is 12.2 Å². The van der Waals surface area contributed by atoms with Crippen molar-refractivity contribution < 1.29 is 4.74 Å². The minimum atomic E-state index is 0.270. The van der Waals surface area contributed by atoms with Gasteiger partial charge in [-0.05, 0) is 12.5 Å². The molecule has 0 saturated heterocycles. The van der Waals surface area contributed by atoms with Crippen LogP contribution in [0.1, 0.15) is 6.42 Å². The number of hydrogen-bond donors (Lipinski definition) is 0. The molecule has 0 bridgehead atoms. The van der Waals surface area contributed by atoms with Crippen LogP contribution in [0.25, 0.3) is 0 Å². The summed E-state index contributed by atoms with van der Waals surface area (Å²) < 4.78 is 4.59. The van der Waals surface area contributed by atoms with E-state index in [-0.39, 0.29) is 10.8 Å². The quantitative estimate of drug-likeness (QED) is 0.612. The fraction of sp³-hybridized carbons (Fsp3) is 0.125. The number of ether oxygens (including phenoxy) is 1. The molecular weight excluding hydrogens is 197 g/mol. The fourth-order valence-corrected chi connectivity index (χ4v) is 1.12. The van der Waals surface area contributed by atoms with Gasteiger partial charge in [-0.1, -0.05) is 35.4 Å². The molecule has 0 aromatic heterocycles. The van der Waals surface area contributed by atoms with Crippen LogP contribution in [0.5, 0.6) is 0 Å². The van der Waals surface area contributed by atoms with Gasteiger partial charge in [0.25, 0.3) is 6.26 Å². The van der Waals surface area contributed by atoms with Crippen molar-refractivity contribution >= 4 is 23.2 Å². The van der Waals surface area contributed by atoms with E-state index in [9.17, 15) is 0 Å². The van der Waals surface area contributed by atoms with E-state index in [2.05, 4.69) is 4.74 Å². The van der Waals surface area contributed by atoms with Crippen molar-refractivity contribution in [2.45, 2.75) is 6.42 Å². The van der Waals surface area contributed by atoms with Gasteiger partial charge in [0.05, 0.1) is 5.03 Å². The Balaban J connectivity index is 3.00. The van der Waals surface area contributed by atoms with Crippen molar-refractivity contribution in [3.63, 3.8) is 0 Å². The molecule has 0 saturated carbocycles. The topological polar surface area (TPSA) is 33.0 Å². The van der Waals surface area contributed by atoms with Gasteiger partial charge in [-0.15, -0.1) is 5.26 Å². The molecule has 0 fully saturated rings. The monoisotopic (exact) mass is 201 g/mol. The second-order valence-electron chi connectivity index (χ2n) is 2.06. The summed E-state index contributed by atoms with van der Waals surface area (Å²) in [6.07, 6.45) is 7.40. The minimum absolute atomic E-state index is 0.270. The Morgan fingerprint density at radius 3 is 2.92 bits per heavy atom. The Morgan fingerprint density at radius 2 is 2.25 bits per heavy atom. The normalized spacial score (nSPS) is 16.6. The van der Waals surface area contributed by atoms with E-state index in [1.165, 1.54) is 6.26 Å². The molecule has 0 atom stereocenters. The van der Waals surface area contributed by atoms with Crippen LogP contribution in [0.2, 0.25) is 0 Å². The van der Waals surface area contributed by atoms with Gasteiger partial charge < -0.3 is 4.74 Å². The molecule has 2 nitrogen and oxygen atoms in total. The maximum Gasteiger partial charge on any atom is 0.292 e. The van der Waals surface area contributed by atoms with Crippen LogP contribution >= 0.6 is 23.2 Å². The summed E-state index contributed by atoms with van der Waals surface area (Å²) in [6.45, 7) is 0. The van der Waals surface area contributed by atoms with Crippen LogP contribution in [0, 0.1) is 11.5 Å². The average molecular weight is 202 g/mol. The van der Waals surface area contributed by atoms with E-state index in [1.807, 2.05) is 6.08 Å². The number of hydrogen-bond acceptors (Lipinski definition) is 2. The maximum absolute atomic E-state index is 8.25. The smallest absolute Gasteiger partial charge is 0.292 e. The van der Waals surface area contributed by atoms with Gasteiger partial charge in [0, 0.05) is 0 Å². The van der Waals surface area contributed by atoms with Crippen LogP contribution in [0.15, 0.2) is 34.1 Å². The lowest BCUT2D eigenvalue weighted by Crippen LogP contribution is -1.84. The summed E-state index contributed by atoms with van der Waals surface area (Å²) in [4.78, 5) is 0. The molecule has 4 heteroatoms. The number of nitrogens with zero attached hydrogens (tertiary/aromatic N) is 1. The van der Waals surface area contributed by atoms with Gasteiger partial charge in [-0.2, -0.15) is 0 Å². The fourth-order valence-electron chi connectivity index (χ4n) is 0.755. The zero-order chi connectivity index (χ0) is 8.97. The molecule has 1 rings (SSSR count). The molecule has 0 heterocycles. The molecule has 0 N–H and O–H groups in total. The van der Waals surface area contributed by atoms with Crippen molar-refractivity contribution in [1.29, 1.82) is 5.26 Å². The number of nitriles is 1. The summed E-state index contributed by atoms with van der Waals surface area (Å²) >= 11 is 11.5. The van der Waals surface area contributed by atoms with Gasteiger partial charge in [-0.3, -0.25) is 0 Å². The Morgan fingerprint density at radius 1 is 1.50 bits per heavy atom. The summed E-state index contributed by atoms with van der Waals surface area (Å²) in [7, 11) is 0. The van der Waals surface area contributed by atoms with Gasteiger partial charge in [0.15, 0.2) is 5.76 Å². The second kappa shape index (κ2) is 4.20. The highest BCUT2D eigenvalue weighted by atomic mass is 35.5. The molecule has 1 aliphatic rings. The van der Waals surface area contributed by atoms with Gasteiger partial charge in [0.2, 0.25) is 0 Å². The Kier molecular flexibility index (Phi) is 3.21. The third kappa shape index (κ3) is 2.04. The van der Waals surface area contributed by atoms with Crippen LogP contribution in [-0.2, 0) is 4.74 Å². The molecule has 62 valence electrons. The Labute approximate surface area is 80.3 Å². The molecule has 0 radical (unpaired) electrons. The maximum atomic E-state index is 8.25. The average Bonchev–Trinajstić information content (AvgIpc) is 2.20. The molecule has 1 aliphatic carbocycles. The van der Waals surface area contributed by atoms with Crippen LogP contribution in [0.4, 0.5) is 0 Å². The molecule has 0 aromatic rings. The third-order valence-electron chi connectivity index (χ3n) is 1.28. The Bertz CT molecular complexity index is 310. The predicted molar refractivity (Wildman–Crippen MR) is 47.3 cm³/mol. The van der Waals surface area contributed by atoms with Crippen molar-refractivity contribution in [3.8, 4) is 6.26 Å². The first-order valence-corrected chi connectivity index (χ1v) is 3.99. The van der Waals surface area contributed by atoms with E-state index in [4.69, 9.17) is 28.5 Å². The first-order valence-electron chi connectivity index (χ1n) is 3.24. The minimum Gasteiger partial charge on any atom is -0.386 e. The number of halogens is 2. The van der Waals surface area contributed by atoms with E-state index in [0.29, 0.717) is 11.5 Å². The Hall–Kier alpha value is -0.910. The van der Waals surface area contributed by atoms with Crippen molar-refractivity contribution in [1.82, 2.24) is 0 Å². The SMILES string of the molecule is N#COC1=C(Cl)C(Cl)=CCC=C1. The number of rotatable bonds is 1. The lowest BCUT2D eigenvalue weighted by molar-refractivity contribution is 0.391. The molecule has 0 aliphatic heterocycles. The predicted octanol–water partition coefficient (Wildman–Crippen LogP) is 3.02. The van der Waals surface area contributed by atoms with E-state index >= 15 is 0 Å². The van der Waals surface area contributed by atoms with Crippen LogP contribution < -0.4 is 0 Å². The van der Waals surface area contributed by atoms with Crippen molar-refractivity contribution in [3.05, 3.63) is 34.1 Å². The zero-order valence-corrected chi connectivity index (χ0v) is 7.56. The summed E-state index contributed by atoms with van der Waals surface area (Å²) in [6, 6.07) is 0. The highest BCUT2D eigenvalue weighted by Crippen LogP contribution is 2.26. The third-order valence-corrected chi connectivity index (χ3v) is 2.11. The highest BCUT2D eigenvalue weighted by molar-refractivity contribution is 6.44. The van der Waals surface area contributed by atoms with Gasteiger partial charge in [-0.25, -0.2) is 0 Å². The van der Waals surface area contributed by atoms with E-state index < -0.39 is 0 Å². The number of allylic oxidation sites excluding steroid dienone is 5. The van der Waals surface area contributed by atoms with Crippen LogP contribution in [-0.4, -0.2) is 0 Å². The second-order valence-corrected chi connectivity index (χ2v) is 2.85. The molecular formula is C8H5Cl2NO. The van der Waals surface area contributed by atoms with E-state index in [0.717, 1.165) is 0 Å². The summed E-state index contributed by atoms with van der Waals surface area (Å²) in [5.74, 6) is 0.290. The summed E-state index contributed by atoms with van der Waals surface area (Å²) in [5, 5.41) is 8.93. The molecule has 0 unspecified atom stereocenters. The largest absolute Gasteiger partial charge is 0.386 e. The highest BCUT2D eigenvalue weighted by Gasteiger charge is 2.08. The first-order chi connectivity index (χ1) is 5.75. The molecule has 12 heavy (non-hydrogen) atoms. The molecule has 0 spiro atoms. The van der Waals surface area contributed by atoms with Gasteiger partial charge in [0.1, 0.15) is 5.03 Å². The molecule has 0 amide bonds. The zero-order valence-electron chi connectivity index (χ0n) is 6.05. The lowest BCUT2D eigenvalue weighted by Gasteiger charge is -1.98. The lowest BCUT2D eigenvalue weighted by atomic mass is 10.4. The van der Waals surface area contributed by atoms with Crippen molar-refractivity contribution in [2.24, 2.45) is 0 Å². The molecule has 0 aromatic carbocycles. The van der Waals surface area contributed by atoms with Crippen molar-refractivity contribution in [2.75, 3.05) is 0 Å².